The molecule has 1 amide bonds. The van der Waals surface area contributed by atoms with E-state index in [9.17, 15) is 9.59 Å². The predicted octanol–water partition coefficient (Wildman–Crippen LogP) is 2.23. The standard InChI is InChI=1S/C21H29N5O3S/c1-3-29-21(28)24-13-11-23(12-14-24)9-6-10-25-20(27)26-17-7-4-5-8-18(17)30-16(2)15-19(26)22-25/h4-5,7-8,16H,3,6,9-15H2,1-2H3. The monoisotopic (exact) mass is 431 g/mol. The molecule has 8 nitrogen and oxygen atoms in total. The van der Waals surface area contributed by atoms with E-state index >= 15 is 0 Å². The molecule has 2 aromatic rings. The smallest absolute Gasteiger partial charge is 0.409 e. The van der Waals surface area contributed by atoms with Crippen molar-refractivity contribution >= 4 is 17.9 Å². The highest BCUT2D eigenvalue weighted by molar-refractivity contribution is 8.00. The number of carbonyl (C=O) groups excluding carboxylic acids is 1. The van der Waals surface area contributed by atoms with Gasteiger partial charge in [0.15, 0.2) is 0 Å². The van der Waals surface area contributed by atoms with Crippen molar-refractivity contribution in [3.05, 3.63) is 40.6 Å². The lowest BCUT2D eigenvalue weighted by Gasteiger charge is -2.33. The summed E-state index contributed by atoms with van der Waals surface area (Å²) in [4.78, 5) is 30.1. The lowest BCUT2D eigenvalue weighted by molar-refractivity contribution is 0.0790. The number of ether oxygens (including phenoxy) is 1. The van der Waals surface area contributed by atoms with Crippen LogP contribution >= 0.6 is 11.8 Å². The van der Waals surface area contributed by atoms with Gasteiger partial charge in [-0.05, 0) is 25.5 Å². The summed E-state index contributed by atoms with van der Waals surface area (Å²) in [7, 11) is 0. The van der Waals surface area contributed by atoms with E-state index in [1.54, 1.807) is 25.9 Å². The van der Waals surface area contributed by atoms with Gasteiger partial charge in [-0.3, -0.25) is 4.90 Å². The van der Waals surface area contributed by atoms with E-state index in [0.717, 1.165) is 48.9 Å². The summed E-state index contributed by atoms with van der Waals surface area (Å²) in [5.41, 5.74) is 0.882. The van der Waals surface area contributed by atoms with Crippen LogP contribution in [-0.2, 0) is 17.7 Å². The van der Waals surface area contributed by atoms with Gasteiger partial charge < -0.3 is 9.64 Å². The van der Waals surface area contributed by atoms with E-state index in [4.69, 9.17) is 4.74 Å². The van der Waals surface area contributed by atoms with E-state index in [1.807, 2.05) is 25.1 Å². The molecule has 2 aliphatic rings. The van der Waals surface area contributed by atoms with E-state index in [0.29, 0.717) is 31.5 Å². The maximum atomic E-state index is 13.1. The number of nitrogens with zero attached hydrogens (tertiary/aromatic N) is 5. The zero-order valence-electron chi connectivity index (χ0n) is 17.6. The normalized spacial score (nSPS) is 19.1. The number of para-hydroxylation sites is 1. The van der Waals surface area contributed by atoms with Gasteiger partial charge in [0, 0.05) is 55.8 Å². The first kappa shape index (κ1) is 21.0. The van der Waals surface area contributed by atoms with Gasteiger partial charge in [0.25, 0.3) is 0 Å². The number of rotatable bonds is 5. The fourth-order valence-electron chi connectivity index (χ4n) is 4.04. The number of hydrogen-bond donors (Lipinski definition) is 0. The van der Waals surface area contributed by atoms with Gasteiger partial charge in [0.1, 0.15) is 5.82 Å². The molecule has 0 radical (unpaired) electrons. The SMILES string of the molecule is CCOC(=O)N1CCN(CCCn2nc3n(c2=O)-c2ccccc2SC(C)C3)CC1. The van der Waals surface area contributed by atoms with Crippen molar-refractivity contribution in [1.82, 2.24) is 24.1 Å². The summed E-state index contributed by atoms with van der Waals surface area (Å²) in [5.74, 6) is 0.841. The molecule has 0 bridgehead atoms. The second-order valence-electron chi connectivity index (χ2n) is 7.74. The number of amides is 1. The van der Waals surface area contributed by atoms with Crippen LogP contribution in [-0.4, -0.2) is 74.8 Å². The van der Waals surface area contributed by atoms with Crippen LogP contribution in [0.3, 0.4) is 0 Å². The Morgan fingerprint density at radius 1 is 1.20 bits per heavy atom. The number of piperazine rings is 1. The minimum atomic E-state index is -0.226. The highest BCUT2D eigenvalue weighted by atomic mass is 32.2. The summed E-state index contributed by atoms with van der Waals surface area (Å²) in [6.45, 7) is 8.91. The lowest BCUT2D eigenvalue weighted by atomic mass is 10.3. The van der Waals surface area contributed by atoms with Gasteiger partial charge >= 0.3 is 11.8 Å². The Hall–Kier alpha value is -2.26. The largest absolute Gasteiger partial charge is 0.450 e. The molecule has 1 aromatic carbocycles. The molecule has 0 N–H and O–H groups in total. The molecular weight excluding hydrogens is 402 g/mol. The van der Waals surface area contributed by atoms with Gasteiger partial charge in [-0.2, -0.15) is 5.10 Å². The lowest BCUT2D eigenvalue weighted by Crippen LogP contribution is -2.49. The van der Waals surface area contributed by atoms with Crippen LogP contribution in [0, 0.1) is 0 Å². The van der Waals surface area contributed by atoms with Crippen LogP contribution in [0.25, 0.3) is 5.69 Å². The first-order valence-electron chi connectivity index (χ1n) is 10.7. The molecule has 1 fully saturated rings. The molecule has 9 heteroatoms. The summed E-state index contributed by atoms with van der Waals surface area (Å²) < 4.78 is 8.46. The fourth-order valence-corrected chi connectivity index (χ4v) is 5.15. The van der Waals surface area contributed by atoms with Gasteiger partial charge in [-0.15, -0.1) is 11.8 Å². The van der Waals surface area contributed by atoms with Crippen molar-refractivity contribution in [2.75, 3.05) is 39.3 Å². The molecular formula is C21H29N5O3S. The Bertz CT molecular complexity index is 948. The molecule has 1 saturated heterocycles. The minimum absolute atomic E-state index is 0.0562. The molecule has 162 valence electrons. The first-order valence-corrected chi connectivity index (χ1v) is 11.5. The average molecular weight is 432 g/mol. The molecule has 30 heavy (non-hydrogen) atoms. The van der Waals surface area contributed by atoms with Crippen LogP contribution < -0.4 is 5.69 Å². The van der Waals surface area contributed by atoms with Crippen molar-refractivity contribution < 1.29 is 9.53 Å². The molecule has 0 spiro atoms. The second kappa shape index (κ2) is 9.26. The Balaban J connectivity index is 1.37. The van der Waals surface area contributed by atoms with Gasteiger partial charge in [0.05, 0.1) is 12.3 Å². The first-order chi connectivity index (χ1) is 14.6. The highest BCUT2D eigenvalue weighted by Gasteiger charge is 2.24. The van der Waals surface area contributed by atoms with Crippen molar-refractivity contribution in [3.8, 4) is 5.69 Å². The van der Waals surface area contributed by atoms with Crippen LogP contribution in [0.15, 0.2) is 34.0 Å². The molecule has 1 unspecified atom stereocenters. The average Bonchev–Trinajstić information content (AvgIpc) is 2.95. The van der Waals surface area contributed by atoms with Gasteiger partial charge in [-0.1, -0.05) is 19.1 Å². The minimum Gasteiger partial charge on any atom is -0.450 e. The Labute approximate surface area is 180 Å². The third-order valence-electron chi connectivity index (χ3n) is 5.55. The Morgan fingerprint density at radius 3 is 2.73 bits per heavy atom. The van der Waals surface area contributed by atoms with Crippen molar-refractivity contribution in [3.63, 3.8) is 0 Å². The van der Waals surface area contributed by atoms with Crippen molar-refractivity contribution in [1.29, 1.82) is 0 Å². The maximum Gasteiger partial charge on any atom is 0.409 e. The summed E-state index contributed by atoms with van der Waals surface area (Å²) in [6.07, 6.45) is 1.40. The number of benzene rings is 1. The quantitative estimate of drug-likeness (QED) is 0.723. The van der Waals surface area contributed by atoms with E-state index < -0.39 is 0 Å². The molecule has 1 aromatic heterocycles. The predicted molar refractivity (Wildman–Crippen MR) is 116 cm³/mol. The summed E-state index contributed by atoms with van der Waals surface area (Å²) in [6, 6.07) is 8.06. The van der Waals surface area contributed by atoms with Crippen LogP contribution in [0.2, 0.25) is 0 Å². The Kier molecular flexibility index (Phi) is 6.48. The van der Waals surface area contributed by atoms with E-state index in [2.05, 4.69) is 23.0 Å². The number of thioether (sulfide) groups is 1. The molecule has 0 aliphatic carbocycles. The van der Waals surface area contributed by atoms with E-state index in [-0.39, 0.29) is 11.8 Å². The molecule has 3 heterocycles. The third kappa shape index (κ3) is 4.41. The number of hydrogen-bond acceptors (Lipinski definition) is 6. The molecule has 1 atom stereocenters. The summed E-state index contributed by atoms with van der Waals surface area (Å²) >= 11 is 1.80. The highest BCUT2D eigenvalue weighted by Crippen LogP contribution is 2.33. The third-order valence-corrected chi connectivity index (χ3v) is 6.72. The van der Waals surface area contributed by atoms with Gasteiger partial charge in [0.2, 0.25) is 0 Å². The zero-order valence-corrected chi connectivity index (χ0v) is 18.4. The van der Waals surface area contributed by atoms with Crippen molar-refractivity contribution in [2.45, 2.75) is 43.4 Å². The van der Waals surface area contributed by atoms with Crippen molar-refractivity contribution in [2.24, 2.45) is 0 Å². The molecule has 2 aliphatic heterocycles. The number of aromatic nitrogens is 3. The zero-order chi connectivity index (χ0) is 21.1. The number of carbonyl (C=O) groups is 1. The van der Waals surface area contributed by atoms with Crippen LogP contribution in [0.4, 0.5) is 4.79 Å². The number of aryl methyl sites for hydroxylation is 1. The number of fused-ring (bicyclic) bond motifs is 3. The second-order valence-corrected chi connectivity index (χ2v) is 9.22. The summed E-state index contributed by atoms with van der Waals surface area (Å²) in [5, 5.41) is 5.04. The van der Waals surface area contributed by atoms with Crippen LogP contribution in [0.1, 0.15) is 26.1 Å². The fraction of sp³-hybridized carbons (Fsp3) is 0.571. The Morgan fingerprint density at radius 2 is 1.97 bits per heavy atom. The van der Waals surface area contributed by atoms with Crippen LogP contribution in [0.5, 0.6) is 0 Å². The van der Waals surface area contributed by atoms with E-state index in [1.165, 1.54) is 0 Å². The maximum absolute atomic E-state index is 13.1. The molecule has 0 saturated carbocycles. The molecule has 4 rings (SSSR count). The topological polar surface area (TPSA) is 72.6 Å². The van der Waals surface area contributed by atoms with Gasteiger partial charge in [-0.25, -0.2) is 18.8 Å².